The van der Waals surface area contributed by atoms with Crippen LogP contribution in [0, 0.1) is 0 Å². The topological polar surface area (TPSA) is 96.9 Å². The summed E-state index contributed by atoms with van der Waals surface area (Å²) in [4.78, 5) is 11.2. The van der Waals surface area contributed by atoms with Gasteiger partial charge in [-0.1, -0.05) is 12.1 Å². The van der Waals surface area contributed by atoms with Gasteiger partial charge in [0, 0.05) is 5.69 Å². The maximum Gasteiger partial charge on any atom is 0.343 e. The van der Waals surface area contributed by atoms with Crippen molar-refractivity contribution in [2.45, 2.75) is 12.6 Å². The number of nitrogens with zero attached hydrogens (tertiary/aromatic N) is 2. The zero-order valence-electron chi connectivity index (χ0n) is 8.50. The van der Waals surface area contributed by atoms with E-state index < -0.39 is 6.10 Å². The van der Waals surface area contributed by atoms with Crippen LogP contribution in [0.1, 0.15) is 11.7 Å². The molecule has 0 aliphatic carbocycles. The minimum absolute atomic E-state index is 0.166. The number of aromatic amines is 1. The normalized spacial score (nSPS) is 12.6. The summed E-state index contributed by atoms with van der Waals surface area (Å²) in [5, 5.41) is 15.7. The van der Waals surface area contributed by atoms with E-state index >= 15 is 0 Å². The van der Waals surface area contributed by atoms with Crippen LogP contribution in [0.25, 0.3) is 0 Å². The molecule has 0 saturated carbocycles. The molecule has 0 bridgehead atoms. The van der Waals surface area contributed by atoms with Gasteiger partial charge in [0.2, 0.25) is 0 Å². The highest BCUT2D eigenvalue weighted by Crippen LogP contribution is 2.15. The van der Waals surface area contributed by atoms with Gasteiger partial charge in [-0.3, -0.25) is 4.57 Å². The Morgan fingerprint density at radius 2 is 2.12 bits per heavy atom. The molecule has 0 aliphatic rings. The van der Waals surface area contributed by atoms with Crippen molar-refractivity contribution in [3.63, 3.8) is 0 Å². The number of H-pyrrole nitrogens is 1. The van der Waals surface area contributed by atoms with Gasteiger partial charge in [-0.05, 0) is 17.7 Å². The molecular weight excluding hydrogens is 208 g/mol. The lowest BCUT2D eigenvalue weighted by molar-refractivity contribution is 0.155. The van der Waals surface area contributed by atoms with Crippen LogP contribution in [0.4, 0.5) is 5.69 Å². The molecule has 6 heteroatoms. The first kappa shape index (κ1) is 10.4. The lowest BCUT2D eigenvalue weighted by Crippen LogP contribution is -2.20. The van der Waals surface area contributed by atoms with Crippen LogP contribution in [0.3, 0.4) is 0 Å². The van der Waals surface area contributed by atoms with Crippen LogP contribution in [0.5, 0.6) is 0 Å². The fourth-order valence-corrected chi connectivity index (χ4v) is 1.41. The van der Waals surface area contributed by atoms with E-state index in [9.17, 15) is 9.90 Å². The summed E-state index contributed by atoms with van der Waals surface area (Å²) in [5.41, 5.74) is 6.54. The summed E-state index contributed by atoms with van der Waals surface area (Å²) < 4.78 is 1.31. The molecule has 6 nitrogen and oxygen atoms in total. The van der Waals surface area contributed by atoms with Crippen molar-refractivity contribution in [1.82, 2.24) is 14.8 Å². The van der Waals surface area contributed by atoms with Gasteiger partial charge >= 0.3 is 5.69 Å². The van der Waals surface area contributed by atoms with E-state index in [1.807, 2.05) is 0 Å². The number of hydrogen-bond donors (Lipinski definition) is 3. The summed E-state index contributed by atoms with van der Waals surface area (Å²) in [6.45, 7) is 0.166. The molecular formula is C10H12N4O2. The number of aliphatic hydroxyl groups is 1. The lowest BCUT2D eigenvalue weighted by Gasteiger charge is -2.10. The Morgan fingerprint density at radius 1 is 1.44 bits per heavy atom. The highest BCUT2D eigenvalue weighted by atomic mass is 16.3. The van der Waals surface area contributed by atoms with Crippen molar-refractivity contribution < 1.29 is 5.11 Å². The average molecular weight is 220 g/mol. The standard InChI is InChI=1S/C10H12N4O2/c11-8-3-1-7(2-4-8)9(15)5-14-6-12-13-10(14)16/h1-4,6,9,15H,5,11H2,(H,13,16). The summed E-state index contributed by atoms with van der Waals surface area (Å²) in [6, 6.07) is 6.86. The first-order valence-corrected chi connectivity index (χ1v) is 4.80. The Labute approximate surface area is 91.3 Å². The van der Waals surface area contributed by atoms with Crippen molar-refractivity contribution in [1.29, 1.82) is 0 Å². The third-order valence-corrected chi connectivity index (χ3v) is 2.31. The van der Waals surface area contributed by atoms with E-state index in [0.29, 0.717) is 11.3 Å². The summed E-state index contributed by atoms with van der Waals surface area (Å²) in [5.74, 6) is 0. The van der Waals surface area contributed by atoms with Gasteiger partial charge in [0.15, 0.2) is 0 Å². The Balaban J connectivity index is 2.14. The lowest BCUT2D eigenvalue weighted by atomic mass is 10.1. The van der Waals surface area contributed by atoms with Gasteiger partial charge in [-0.2, -0.15) is 5.10 Å². The fourth-order valence-electron chi connectivity index (χ4n) is 1.41. The first-order valence-electron chi connectivity index (χ1n) is 4.80. The number of hydrogen-bond acceptors (Lipinski definition) is 4. The smallest absolute Gasteiger partial charge is 0.343 e. The zero-order valence-corrected chi connectivity index (χ0v) is 8.50. The van der Waals surface area contributed by atoms with Gasteiger partial charge in [0.25, 0.3) is 0 Å². The van der Waals surface area contributed by atoms with E-state index in [-0.39, 0.29) is 12.2 Å². The molecule has 0 aliphatic heterocycles. The van der Waals surface area contributed by atoms with Crippen LogP contribution >= 0.6 is 0 Å². The Hall–Kier alpha value is -2.08. The second-order valence-electron chi connectivity index (χ2n) is 3.50. The maximum absolute atomic E-state index is 11.2. The van der Waals surface area contributed by atoms with Crippen molar-refractivity contribution in [3.05, 3.63) is 46.6 Å². The number of nitrogens with two attached hydrogens (primary N) is 1. The van der Waals surface area contributed by atoms with Crippen molar-refractivity contribution >= 4 is 5.69 Å². The van der Waals surface area contributed by atoms with Crippen LogP contribution in [0.2, 0.25) is 0 Å². The molecule has 0 radical (unpaired) electrons. The Bertz CT molecular complexity index is 514. The number of benzene rings is 1. The highest BCUT2D eigenvalue weighted by Gasteiger charge is 2.09. The average Bonchev–Trinajstić information content (AvgIpc) is 2.65. The Morgan fingerprint density at radius 3 is 2.69 bits per heavy atom. The number of anilines is 1. The number of aliphatic hydroxyl groups excluding tert-OH is 1. The minimum atomic E-state index is -0.754. The summed E-state index contributed by atoms with van der Waals surface area (Å²) in [6.07, 6.45) is 0.596. The van der Waals surface area contributed by atoms with Crippen LogP contribution in [0.15, 0.2) is 35.4 Å². The van der Waals surface area contributed by atoms with Crippen LogP contribution in [-0.4, -0.2) is 19.9 Å². The van der Waals surface area contributed by atoms with E-state index in [1.54, 1.807) is 24.3 Å². The maximum atomic E-state index is 11.2. The summed E-state index contributed by atoms with van der Waals surface area (Å²) in [7, 11) is 0. The summed E-state index contributed by atoms with van der Waals surface area (Å²) >= 11 is 0. The molecule has 84 valence electrons. The number of nitrogens with one attached hydrogen (secondary N) is 1. The van der Waals surface area contributed by atoms with Gasteiger partial charge in [-0.25, -0.2) is 9.89 Å². The van der Waals surface area contributed by atoms with E-state index in [1.165, 1.54) is 10.9 Å². The third kappa shape index (κ3) is 2.12. The molecule has 1 unspecified atom stereocenters. The first-order chi connectivity index (χ1) is 7.66. The molecule has 2 aromatic rings. The number of aromatic nitrogens is 3. The van der Waals surface area contributed by atoms with E-state index in [4.69, 9.17) is 5.73 Å². The van der Waals surface area contributed by atoms with E-state index in [0.717, 1.165) is 0 Å². The molecule has 0 fully saturated rings. The van der Waals surface area contributed by atoms with E-state index in [2.05, 4.69) is 10.2 Å². The quantitative estimate of drug-likeness (QED) is 0.628. The molecule has 0 saturated heterocycles. The van der Waals surface area contributed by atoms with Gasteiger partial charge in [-0.15, -0.1) is 0 Å². The number of rotatable bonds is 3. The monoisotopic (exact) mass is 220 g/mol. The molecule has 1 heterocycles. The predicted octanol–water partition coefficient (Wildman–Crippen LogP) is -0.113. The van der Waals surface area contributed by atoms with Crippen molar-refractivity contribution in [3.8, 4) is 0 Å². The largest absolute Gasteiger partial charge is 0.399 e. The van der Waals surface area contributed by atoms with Gasteiger partial charge < -0.3 is 10.8 Å². The van der Waals surface area contributed by atoms with Crippen molar-refractivity contribution in [2.24, 2.45) is 0 Å². The molecule has 0 amide bonds. The molecule has 1 atom stereocenters. The van der Waals surface area contributed by atoms with Crippen LogP contribution < -0.4 is 11.4 Å². The highest BCUT2D eigenvalue weighted by molar-refractivity contribution is 5.39. The molecule has 1 aromatic carbocycles. The van der Waals surface area contributed by atoms with Crippen molar-refractivity contribution in [2.75, 3.05) is 5.73 Å². The number of nitrogen functional groups attached to an aromatic ring is 1. The molecule has 2 rings (SSSR count). The van der Waals surface area contributed by atoms with Gasteiger partial charge in [0.05, 0.1) is 12.6 Å². The van der Waals surface area contributed by atoms with Gasteiger partial charge in [0.1, 0.15) is 6.33 Å². The zero-order chi connectivity index (χ0) is 11.5. The fraction of sp³-hybridized carbons (Fsp3) is 0.200. The van der Waals surface area contributed by atoms with Crippen LogP contribution in [-0.2, 0) is 6.54 Å². The molecule has 0 spiro atoms. The Kier molecular flexibility index (Phi) is 2.74. The molecule has 1 aromatic heterocycles. The molecule has 4 N–H and O–H groups in total. The second kappa shape index (κ2) is 4.19. The third-order valence-electron chi connectivity index (χ3n) is 2.31. The second-order valence-corrected chi connectivity index (χ2v) is 3.50. The molecule has 16 heavy (non-hydrogen) atoms. The minimum Gasteiger partial charge on any atom is -0.399 e. The SMILES string of the molecule is Nc1ccc(C(O)Cn2cn[nH]c2=O)cc1. The predicted molar refractivity (Wildman–Crippen MR) is 58.7 cm³/mol.